The predicted molar refractivity (Wildman–Crippen MR) is 90.4 cm³/mol. The highest BCUT2D eigenvalue weighted by Crippen LogP contribution is 2.23. The van der Waals surface area contributed by atoms with Crippen molar-refractivity contribution < 1.29 is 27.5 Å². The molecule has 0 bridgehead atoms. The highest BCUT2D eigenvalue weighted by molar-refractivity contribution is 6.35. The molecule has 2 rings (SSSR count). The molecule has 0 heterocycles. The number of aliphatic imine (C=N–C) groups is 1. The van der Waals surface area contributed by atoms with Crippen LogP contribution in [0.1, 0.15) is 17.3 Å². The summed E-state index contributed by atoms with van der Waals surface area (Å²) < 4.78 is 44.4. The Morgan fingerprint density at radius 3 is 2.38 bits per heavy atom. The first-order valence-electron chi connectivity index (χ1n) is 7.48. The molecule has 0 aliphatic carbocycles. The number of ketones is 1. The van der Waals surface area contributed by atoms with Gasteiger partial charge in [0.1, 0.15) is 5.82 Å². The van der Waals surface area contributed by atoms with E-state index < -0.39 is 35.1 Å². The molecule has 0 N–H and O–H groups in total. The Morgan fingerprint density at radius 2 is 1.77 bits per heavy atom. The Labute approximate surface area is 152 Å². The second kappa shape index (κ2) is 8.62. The fraction of sp³-hybridized carbons (Fsp3) is 0.167. The van der Waals surface area contributed by atoms with Crippen LogP contribution < -0.4 is 0 Å². The van der Waals surface area contributed by atoms with Crippen LogP contribution in [0.15, 0.2) is 41.4 Å². The summed E-state index contributed by atoms with van der Waals surface area (Å²) in [6, 6.07) is 6.23. The molecular formula is C18H13ClF3NO3. The summed E-state index contributed by atoms with van der Waals surface area (Å²) in [6.07, 6.45) is 0.991. The van der Waals surface area contributed by atoms with Gasteiger partial charge in [-0.1, -0.05) is 11.6 Å². The first-order valence-corrected chi connectivity index (χ1v) is 7.86. The van der Waals surface area contributed by atoms with Gasteiger partial charge in [-0.05, 0) is 43.3 Å². The first kappa shape index (κ1) is 19.7. The number of carbonyl (C=O) groups is 2. The minimum absolute atomic E-state index is 0.00148. The average molecular weight is 384 g/mol. The number of halogens is 4. The lowest BCUT2D eigenvalue weighted by atomic mass is 9.98. The summed E-state index contributed by atoms with van der Waals surface area (Å²) in [7, 11) is 0. The number of ether oxygens (including phenoxy) is 1. The molecule has 2 aromatic rings. The maximum absolute atomic E-state index is 13.4. The molecule has 0 aliphatic rings. The highest BCUT2D eigenvalue weighted by Gasteiger charge is 2.29. The number of hydrogen-bond donors (Lipinski definition) is 0. The SMILES string of the molecule is CCOC(=O)C(C=Nc1ccc(F)cc1)C(=O)c1cc(F)c(F)cc1Cl. The molecule has 0 aliphatic heterocycles. The smallest absolute Gasteiger partial charge is 0.322 e. The number of rotatable bonds is 6. The second-order valence-corrected chi connectivity index (χ2v) is 5.50. The van der Waals surface area contributed by atoms with Crippen molar-refractivity contribution in [1.29, 1.82) is 0 Å². The summed E-state index contributed by atoms with van der Waals surface area (Å²) in [5.74, 6) is -6.34. The minimum Gasteiger partial charge on any atom is -0.465 e. The van der Waals surface area contributed by atoms with E-state index in [0.717, 1.165) is 18.3 Å². The molecule has 2 aromatic carbocycles. The first-order chi connectivity index (χ1) is 12.3. The van der Waals surface area contributed by atoms with Crippen molar-refractivity contribution in [3.8, 4) is 0 Å². The summed E-state index contributed by atoms with van der Waals surface area (Å²) in [5, 5.41) is -0.349. The largest absolute Gasteiger partial charge is 0.465 e. The lowest BCUT2D eigenvalue weighted by molar-refractivity contribution is -0.143. The van der Waals surface area contributed by atoms with Crippen LogP contribution in [0.4, 0.5) is 18.9 Å². The fourth-order valence-corrected chi connectivity index (χ4v) is 2.28. The van der Waals surface area contributed by atoms with Crippen molar-refractivity contribution in [3.63, 3.8) is 0 Å². The van der Waals surface area contributed by atoms with Crippen LogP contribution in [-0.4, -0.2) is 24.6 Å². The van der Waals surface area contributed by atoms with Crippen molar-refractivity contribution in [2.24, 2.45) is 10.9 Å². The van der Waals surface area contributed by atoms with Crippen molar-refractivity contribution in [2.45, 2.75) is 6.92 Å². The Kier molecular flexibility index (Phi) is 6.52. The van der Waals surface area contributed by atoms with Gasteiger partial charge in [0.2, 0.25) is 0 Å². The summed E-state index contributed by atoms with van der Waals surface area (Å²) in [4.78, 5) is 28.6. The molecule has 0 amide bonds. The van der Waals surface area contributed by atoms with Gasteiger partial charge < -0.3 is 4.74 Å². The number of benzene rings is 2. The second-order valence-electron chi connectivity index (χ2n) is 5.09. The molecule has 0 radical (unpaired) electrons. The maximum atomic E-state index is 13.4. The summed E-state index contributed by atoms with van der Waals surface area (Å²) in [6.45, 7) is 1.54. The lowest BCUT2D eigenvalue weighted by Gasteiger charge is -2.12. The third kappa shape index (κ3) is 4.70. The van der Waals surface area contributed by atoms with Gasteiger partial charge in [0.25, 0.3) is 0 Å². The van der Waals surface area contributed by atoms with Crippen molar-refractivity contribution >= 4 is 35.3 Å². The van der Waals surface area contributed by atoms with E-state index in [2.05, 4.69) is 4.99 Å². The van der Waals surface area contributed by atoms with Gasteiger partial charge in [0, 0.05) is 11.8 Å². The standard InChI is InChI=1S/C18H13ClF3NO3/c1-2-26-18(25)13(9-23-11-5-3-10(20)4-6-11)17(24)12-7-15(21)16(22)8-14(12)19/h3-9,13H,2H2,1H3. The summed E-state index contributed by atoms with van der Waals surface area (Å²) in [5.41, 5.74) is -0.0981. The fourth-order valence-electron chi connectivity index (χ4n) is 2.03. The molecule has 0 spiro atoms. The molecule has 1 unspecified atom stereocenters. The minimum atomic E-state index is -1.53. The zero-order chi connectivity index (χ0) is 19.3. The zero-order valence-electron chi connectivity index (χ0n) is 13.5. The Balaban J connectivity index is 2.38. The van der Waals surface area contributed by atoms with Gasteiger partial charge >= 0.3 is 5.97 Å². The topological polar surface area (TPSA) is 55.7 Å². The maximum Gasteiger partial charge on any atom is 0.322 e. The Hall–Kier alpha value is -2.67. The third-order valence-electron chi connectivity index (χ3n) is 3.30. The van der Waals surface area contributed by atoms with E-state index in [-0.39, 0.29) is 22.9 Å². The van der Waals surface area contributed by atoms with E-state index in [1.807, 2.05) is 0 Å². The van der Waals surface area contributed by atoms with Gasteiger partial charge in [0.05, 0.1) is 17.3 Å². The van der Waals surface area contributed by atoms with E-state index >= 15 is 0 Å². The van der Waals surface area contributed by atoms with Crippen molar-refractivity contribution in [2.75, 3.05) is 6.61 Å². The van der Waals surface area contributed by atoms with E-state index in [9.17, 15) is 22.8 Å². The third-order valence-corrected chi connectivity index (χ3v) is 3.61. The highest BCUT2D eigenvalue weighted by atomic mass is 35.5. The van der Waals surface area contributed by atoms with Crippen LogP contribution in [0.5, 0.6) is 0 Å². The molecule has 1 atom stereocenters. The van der Waals surface area contributed by atoms with Gasteiger partial charge in [-0.3, -0.25) is 14.6 Å². The van der Waals surface area contributed by atoms with Crippen LogP contribution in [0.3, 0.4) is 0 Å². The predicted octanol–water partition coefficient (Wildman–Crippen LogP) is 4.52. The molecule has 0 saturated carbocycles. The molecule has 0 saturated heterocycles. The number of esters is 1. The van der Waals surface area contributed by atoms with E-state index in [1.165, 1.54) is 12.1 Å². The van der Waals surface area contributed by atoms with Gasteiger partial charge in [-0.15, -0.1) is 0 Å². The molecule has 0 fully saturated rings. The number of Topliss-reactive ketones (excluding diaryl/α,β-unsaturated/α-hetero) is 1. The monoisotopic (exact) mass is 383 g/mol. The molecular weight excluding hydrogens is 371 g/mol. The number of hydrogen-bond acceptors (Lipinski definition) is 4. The van der Waals surface area contributed by atoms with Gasteiger partial charge in [-0.25, -0.2) is 13.2 Å². The van der Waals surface area contributed by atoms with Crippen LogP contribution >= 0.6 is 11.6 Å². The normalized spacial score (nSPS) is 12.2. The van der Waals surface area contributed by atoms with E-state index in [4.69, 9.17) is 16.3 Å². The van der Waals surface area contributed by atoms with Crippen LogP contribution in [-0.2, 0) is 9.53 Å². The Morgan fingerprint density at radius 1 is 1.15 bits per heavy atom. The van der Waals surface area contributed by atoms with Crippen molar-refractivity contribution in [1.82, 2.24) is 0 Å². The quantitative estimate of drug-likeness (QED) is 0.242. The number of nitrogens with zero attached hydrogens (tertiary/aromatic N) is 1. The van der Waals surface area contributed by atoms with Gasteiger partial charge in [0.15, 0.2) is 23.3 Å². The summed E-state index contributed by atoms with van der Waals surface area (Å²) >= 11 is 5.79. The average Bonchev–Trinajstić information content (AvgIpc) is 2.60. The van der Waals surface area contributed by atoms with Gasteiger partial charge in [-0.2, -0.15) is 0 Å². The molecule has 26 heavy (non-hydrogen) atoms. The molecule has 4 nitrogen and oxygen atoms in total. The molecule has 136 valence electrons. The van der Waals surface area contributed by atoms with Crippen LogP contribution in [0.25, 0.3) is 0 Å². The van der Waals surface area contributed by atoms with Crippen LogP contribution in [0, 0.1) is 23.4 Å². The van der Waals surface area contributed by atoms with E-state index in [1.54, 1.807) is 6.92 Å². The van der Waals surface area contributed by atoms with Crippen LogP contribution in [0.2, 0.25) is 5.02 Å². The number of carbonyl (C=O) groups excluding carboxylic acids is 2. The molecule has 0 aromatic heterocycles. The Bertz CT molecular complexity index is 854. The molecule has 8 heteroatoms. The van der Waals surface area contributed by atoms with Crippen molar-refractivity contribution in [3.05, 3.63) is 64.4 Å². The zero-order valence-corrected chi connectivity index (χ0v) is 14.3. The van der Waals surface area contributed by atoms with E-state index in [0.29, 0.717) is 12.1 Å². The lowest BCUT2D eigenvalue weighted by Crippen LogP contribution is -2.28.